The van der Waals surface area contributed by atoms with E-state index in [2.05, 4.69) is 23.6 Å². The van der Waals surface area contributed by atoms with Gasteiger partial charge in [0.2, 0.25) is 10.0 Å². The molecule has 0 radical (unpaired) electrons. The van der Waals surface area contributed by atoms with E-state index in [1.165, 1.54) is 27.4 Å². The van der Waals surface area contributed by atoms with Gasteiger partial charge in [-0.3, -0.25) is 0 Å². The molecule has 5 nitrogen and oxygen atoms in total. The molecule has 1 aromatic heterocycles. The summed E-state index contributed by atoms with van der Waals surface area (Å²) in [5.74, 6) is -0.0173. The highest BCUT2D eigenvalue weighted by Crippen LogP contribution is 2.38. The number of benzene rings is 3. The number of fused-ring (bicyclic) bond motifs is 1. The Morgan fingerprint density at radius 3 is 2.49 bits per heavy atom. The van der Waals surface area contributed by atoms with Gasteiger partial charge in [0.15, 0.2) is 0 Å². The van der Waals surface area contributed by atoms with Crippen LogP contribution in [0.4, 0.5) is 4.39 Å². The molecule has 0 bridgehead atoms. The second-order valence-electron chi connectivity index (χ2n) is 9.05. The van der Waals surface area contributed by atoms with Gasteiger partial charge in [0.25, 0.3) is 0 Å². The summed E-state index contributed by atoms with van der Waals surface area (Å²) in [6, 6.07) is 23.1. The van der Waals surface area contributed by atoms with Crippen LogP contribution in [0.1, 0.15) is 41.1 Å². The highest BCUT2D eigenvalue weighted by Gasteiger charge is 2.32. The predicted octanol–water partition coefficient (Wildman–Crippen LogP) is 5.58. The molecule has 0 aliphatic carbocycles. The smallest absolute Gasteiger partial charge is 0.243 e. The van der Waals surface area contributed by atoms with Gasteiger partial charge in [-0.1, -0.05) is 36.4 Å². The van der Waals surface area contributed by atoms with Crippen LogP contribution >= 0.6 is 0 Å². The van der Waals surface area contributed by atoms with Crippen molar-refractivity contribution in [1.29, 1.82) is 5.26 Å². The zero-order valence-electron chi connectivity index (χ0n) is 19.5. The van der Waals surface area contributed by atoms with Crippen LogP contribution < -0.4 is 0 Å². The molecule has 0 N–H and O–H groups in total. The molecule has 0 saturated carbocycles. The van der Waals surface area contributed by atoms with Crippen molar-refractivity contribution in [2.24, 2.45) is 0 Å². The molecular weight excluding hydrogens is 461 g/mol. The zero-order chi connectivity index (χ0) is 24.6. The van der Waals surface area contributed by atoms with E-state index in [1.54, 1.807) is 30.3 Å². The SMILES string of the molecule is Cc1c(C2CCN(S(=O)(=O)c3cccc(C#N)c3)CC2)c2ccccc2n1Cc1cccc(F)c1. The largest absolute Gasteiger partial charge is 0.340 e. The van der Waals surface area contributed by atoms with Crippen LogP contribution in [0.25, 0.3) is 10.9 Å². The zero-order valence-corrected chi connectivity index (χ0v) is 20.3. The van der Waals surface area contributed by atoms with Gasteiger partial charge in [0.1, 0.15) is 5.82 Å². The number of piperidine rings is 1. The Morgan fingerprint density at radius 2 is 1.74 bits per heavy atom. The lowest BCUT2D eigenvalue weighted by Gasteiger charge is -2.31. The van der Waals surface area contributed by atoms with Gasteiger partial charge >= 0.3 is 0 Å². The molecule has 35 heavy (non-hydrogen) atoms. The fraction of sp³-hybridized carbons (Fsp3) is 0.250. The van der Waals surface area contributed by atoms with Crippen LogP contribution in [-0.4, -0.2) is 30.4 Å². The molecular formula is C28H26FN3O2S. The van der Waals surface area contributed by atoms with Crippen LogP contribution in [0.15, 0.2) is 77.7 Å². The maximum absolute atomic E-state index is 13.8. The third kappa shape index (κ3) is 4.36. The second kappa shape index (κ2) is 9.29. The van der Waals surface area contributed by atoms with Crippen molar-refractivity contribution < 1.29 is 12.8 Å². The standard InChI is InChI=1S/C28H26FN3O2S/c1-20-28(26-10-2-3-11-27(26)32(20)19-22-7-4-8-24(29)16-22)23-12-14-31(15-13-23)35(33,34)25-9-5-6-21(17-25)18-30/h2-11,16-17,23H,12-15,19H2,1H3. The van der Waals surface area contributed by atoms with E-state index < -0.39 is 10.0 Å². The van der Waals surface area contributed by atoms with Crippen LogP contribution in [-0.2, 0) is 16.6 Å². The Kier molecular flexibility index (Phi) is 6.18. The average Bonchev–Trinajstić information content (AvgIpc) is 3.15. The molecule has 4 aromatic rings. The topological polar surface area (TPSA) is 66.1 Å². The third-order valence-electron chi connectivity index (χ3n) is 6.97. The first-order chi connectivity index (χ1) is 16.9. The molecule has 5 rings (SSSR count). The summed E-state index contributed by atoms with van der Waals surface area (Å²) < 4.78 is 43.9. The summed E-state index contributed by atoms with van der Waals surface area (Å²) in [5.41, 5.74) is 4.73. The molecule has 2 heterocycles. The van der Waals surface area contributed by atoms with Crippen LogP contribution in [0.3, 0.4) is 0 Å². The van der Waals surface area contributed by atoms with E-state index in [4.69, 9.17) is 5.26 Å². The van der Waals surface area contributed by atoms with Crippen molar-refractivity contribution in [2.75, 3.05) is 13.1 Å². The molecule has 1 saturated heterocycles. The highest BCUT2D eigenvalue weighted by atomic mass is 32.2. The quantitative estimate of drug-likeness (QED) is 0.369. The Balaban J connectivity index is 1.42. The maximum atomic E-state index is 13.8. The number of nitriles is 1. The van der Waals surface area contributed by atoms with Crippen molar-refractivity contribution in [2.45, 2.75) is 37.1 Å². The minimum atomic E-state index is -3.65. The summed E-state index contributed by atoms with van der Waals surface area (Å²) >= 11 is 0. The first-order valence-corrected chi connectivity index (χ1v) is 13.1. The van der Waals surface area contributed by atoms with Crippen LogP contribution in [0, 0.1) is 24.1 Å². The number of hydrogen-bond donors (Lipinski definition) is 0. The van der Waals surface area contributed by atoms with Gasteiger partial charge in [-0.2, -0.15) is 9.57 Å². The second-order valence-corrected chi connectivity index (χ2v) is 11.0. The van der Waals surface area contributed by atoms with Gasteiger partial charge in [-0.15, -0.1) is 0 Å². The summed E-state index contributed by atoms with van der Waals surface area (Å²) in [7, 11) is -3.65. The molecule has 0 unspecified atom stereocenters. The summed E-state index contributed by atoms with van der Waals surface area (Å²) in [4.78, 5) is 0.165. The van der Waals surface area contributed by atoms with Crippen molar-refractivity contribution in [3.05, 3.63) is 101 Å². The number of para-hydroxylation sites is 1. The van der Waals surface area contributed by atoms with Gasteiger partial charge < -0.3 is 4.57 Å². The average molecular weight is 488 g/mol. The lowest BCUT2D eigenvalue weighted by atomic mass is 9.88. The predicted molar refractivity (Wildman–Crippen MR) is 134 cm³/mol. The van der Waals surface area contributed by atoms with Crippen LogP contribution in [0.5, 0.6) is 0 Å². The lowest BCUT2D eigenvalue weighted by Crippen LogP contribution is -2.38. The first kappa shape index (κ1) is 23.3. The monoisotopic (exact) mass is 487 g/mol. The number of sulfonamides is 1. The fourth-order valence-electron chi connectivity index (χ4n) is 5.25. The lowest BCUT2D eigenvalue weighted by molar-refractivity contribution is 0.319. The van der Waals surface area contributed by atoms with E-state index in [0.29, 0.717) is 38.0 Å². The number of rotatable bonds is 5. The van der Waals surface area contributed by atoms with E-state index in [0.717, 1.165) is 16.8 Å². The van der Waals surface area contributed by atoms with Gasteiger partial charge in [-0.25, -0.2) is 12.8 Å². The van der Waals surface area contributed by atoms with Crippen LogP contribution in [0.2, 0.25) is 0 Å². The molecule has 3 aromatic carbocycles. The summed E-state index contributed by atoms with van der Waals surface area (Å²) in [6.45, 7) is 3.52. The number of hydrogen-bond acceptors (Lipinski definition) is 3. The minimum absolute atomic E-state index is 0.165. The third-order valence-corrected chi connectivity index (χ3v) is 8.87. The molecule has 178 valence electrons. The maximum Gasteiger partial charge on any atom is 0.243 e. The van der Waals surface area contributed by atoms with Crippen molar-refractivity contribution in [3.8, 4) is 6.07 Å². The van der Waals surface area contributed by atoms with E-state index in [9.17, 15) is 12.8 Å². The van der Waals surface area contributed by atoms with Gasteiger partial charge in [0.05, 0.1) is 16.5 Å². The minimum Gasteiger partial charge on any atom is -0.340 e. The molecule has 1 fully saturated rings. The Labute approximate surface area is 205 Å². The normalized spacial score (nSPS) is 15.3. The Bertz CT molecular complexity index is 1540. The van der Waals surface area contributed by atoms with Gasteiger partial charge in [0, 0.05) is 36.2 Å². The number of nitrogens with zero attached hydrogens (tertiary/aromatic N) is 3. The summed E-state index contributed by atoms with van der Waals surface area (Å²) in [6.07, 6.45) is 1.43. The molecule has 7 heteroatoms. The molecule has 1 aliphatic rings. The number of halogens is 1. The molecule has 0 amide bonds. The van der Waals surface area contributed by atoms with Crippen molar-refractivity contribution >= 4 is 20.9 Å². The van der Waals surface area contributed by atoms with Crippen molar-refractivity contribution in [1.82, 2.24) is 8.87 Å². The van der Waals surface area contributed by atoms with Gasteiger partial charge in [-0.05, 0) is 73.2 Å². The molecule has 0 spiro atoms. The van der Waals surface area contributed by atoms with E-state index >= 15 is 0 Å². The van der Waals surface area contributed by atoms with E-state index in [1.807, 2.05) is 24.3 Å². The van der Waals surface area contributed by atoms with Crippen molar-refractivity contribution in [3.63, 3.8) is 0 Å². The van der Waals surface area contributed by atoms with E-state index in [-0.39, 0.29) is 16.6 Å². The Morgan fingerprint density at radius 1 is 1.00 bits per heavy atom. The highest BCUT2D eigenvalue weighted by molar-refractivity contribution is 7.89. The first-order valence-electron chi connectivity index (χ1n) is 11.7. The number of aromatic nitrogens is 1. The summed E-state index contributed by atoms with van der Waals surface area (Å²) in [5, 5.41) is 10.3. The fourth-order valence-corrected chi connectivity index (χ4v) is 6.77. The molecule has 1 aliphatic heterocycles. The Hall–Kier alpha value is -3.47. The molecule has 0 atom stereocenters.